The minimum absolute atomic E-state index is 0.00847. The van der Waals surface area contributed by atoms with E-state index in [9.17, 15) is 10.1 Å². The molecule has 0 saturated heterocycles. The van der Waals surface area contributed by atoms with Crippen LogP contribution >= 0.6 is 0 Å². The number of aliphatic hydroxyl groups excluding tert-OH is 1. The molecule has 5 nitrogen and oxygen atoms in total. The lowest BCUT2D eigenvalue weighted by Gasteiger charge is -2.24. The van der Waals surface area contributed by atoms with Crippen molar-refractivity contribution in [2.24, 2.45) is 5.92 Å². The number of allylic oxidation sites excluding steroid dienone is 1. The lowest BCUT2D eigenvalue weighted by atomic mass is 9.98. The van der Waals surface area contributed by atoms with Gasteiger partial charge in [0.1, 0.15) is 11.6 Å². The van der Waals surface area contributed by atoms with E-state index >= 15 is 0 Å². The summed E-state index contributed by atoms with van der Waals surface area (Å²) in [6, 6.07) is 14.5. The number of hydrogen-bond acceptors (Lipinski definition) is 4. The molecule has 0 bridgehead atoms. The Labute approximate surface area is 180 Å². The average Bonchev–Trinajstić information content (AvgIpc) is 2.76. The molecular formula is C25H33N3O2. The molecule has 0 aromatic heterocycles. The number of carbonyl (C=O) groups is 1. The molecular weight excluding hydrogens is 374 g/mol. The van der Waals surface area contributed by atoms with Crippen molar-refractivity contribution in [3.05, 3.63) is 47.5 Å². The third-order valence-corrected chi connectivity index (χ3v) is 5.25. The zero-order valence-corrected chi connectivity index (χ0v) is 18.5. The zero-order chi connectivity index (χ0) is 22.1. The summed E-state index contributed by atoms with van der Waals surface area (Å²) in [4.78, 5) is 14.8. The second kappa shape index (κ2) is 11.4. The maximum absolute atomic E-state index is 12.4. The summed E-state index contributed by atoms with van der Waals surface area (Å²) in [6.45, 7) is 10.4. The number of rotatable bonds is 10. The van der Waals surface area contributed by atoms with E-state index in [1.165, 1.54) is 5.69 Å². The van der Waals surface area contributed by atoms with Crippen molar-refractivity contribution in [2.75, 3.05) is 31.1 Å². The molecule has 2 aromatic rings. The normalized spacial score (nSPS) is 12.8. The van der Waals surface area contributed by atoms with Gasteiger partial charge in [-0.25, -0.2) is 0 Å². The predicted octanol–water partition coefficient (Wildman–Crippen LogP) is 4.51. The standard InChI is InChI=1S/C25H33N3O2/c1-5-11-28(12-6-2)23-10-9-21-13-20(7-8-22(21)14-23)19(4)24(15-26)25(30)27-16-18(3)17-29/h7-10,13-14,18,29H,5-6,11-12,16-17H2,1-4H3,(H,27,30)/b24-19+. The summed E-state index contributed by atoms with van der Waals surface area (Å²) in [5, 5.41) is 23.6. The number of hydrogen-bond donors (Lipinski definition) is 2. The van der Waals surface area contributed by atoms with Crippen LogP contribution in [0.15, 0.2) is 42.0 Å². The summed E-state index contributed by atoms with van der Waals surface area (Å²) in [5.41, 5.74) is 2.84. The van der Waals surface area contributed by atoms with Gasteiger partial charge in [0.25, 0.3) is 5.91 Å². The van der Waals surface area contributed by atoms with Crippen LogP contribution < -0.4 is 10.2 Å². The third-order valence-electron chi connectivity index (χ3n) is 5.25. The van der Waals surface area contributed by atoms with E-state index in [0.717, 1.165) is 42.3 Å². The first-order valence-corrected chi connectivity index (χ1v) is 10.7. The van der Waals surface area contributed by atoms with E-state index in [-0.39, 0.29) is 18.1 Å². The van der Waals surface area contributed by atoms with Crippen LogP contribution in [0.4, 0.5) is 5.69 Å². The first-order valence-electron chi connectivity index (χ1n) is 10.7. The SMILES string of the molecule is CCCN(CCC)c1ccc2cc(/C(C)=C(\C#N)C(=O)NCC(C)CO)ccc2c1. The second-order valence-electron chi connectivity index (χ2n) is 7.84. The molecule has 2 aromatic carbocycles. The maximum Gasteiger partial charge on any atom is 0.262 e. The fraction of sp³-hybridized carbons (Fsp3) is 0.440. The summed E-state index contributed by atoms with van der Waals surface area (Å²) < 4.78 is 0. The number of carbonyl (C=O) groups excluding carboxylic acids is 1. The number of nitrogens with zero attached hydrogens (tertiary/aromatic N) is 2. The molecule has 0 aliphatic rings. The number of anilines is 1. The molecule has 30 heavy (non-hydrogen) atoms. The van der Waals surface area contributed by atoms with Crippen LogP contribution in [-0.4, -0.2) is 37.3 Å². The number of amides is 1. The van der Waals surface area contributed by atoms with Gasteiger partial charge >= 0.3 is 0 Å². The largest absolute Gasteiger partial charge is 0.396 e. The quantitative estimate of drug-likeness (QED) is 0.449. The highest BCUT2D eigenvalue weighted by atomic mass is 16.3. The Morgan fingerprint density at radius 1 is 1.13 bits per heavy atom. The van der Waals surface area contributed by atoms with Gasteiger partial charge in [-0.1, -0.05) is 39.0 Å². The topological polar surface area (TPSA) is 76.4 Å². The first-order chi connectivity index (χ1) is 14.4. The van der Waals surface area contributed by atoms with Crippen LogP contribution in [-0.2, 0) is 4.79 Å². The molecule has 0 radical (unpaired) electrons. The number of benzene rings is 2. The molecule has 1 atom stereocenters. The van der Waals surface area contributed by atoms with Crippen LogP contribution in [0.5, 0.6) is 0 Å². The van der Waals surface area contributed by atoms with Gasteiger partial charge in [0.2, 0.25) is 0 Å². The van der Waals surface area contributed by atoms with Crippen LogP contribution in [0.25, 0.3) is 16.3 Å². The van der Waals surface area contributed by atoms with Crippen molar-refractivity contribution < 1.29 is 9.90 Å². The first kappa shape index (κ1) is 23.4. The lowest BCUT2D eigenvalue weighted by molar-refractivity contribution is -0.117. The highest BCUT2D eigenvalue weighted by Crippen LogP contribution is 2.27. The van der Waals surface area contributed by atoms with Crippen molar-refractivity contribution in [1.29, 1.82) is 5.26 Å². The van der Waals surface area contributed by atoms with E-state index in [1.807, 2.05) is 25.1 Å². The Bertz CT molecular complexity index is 937. The van der Waals surface area contributed by atoms with Gasteiger partial charge in [-0.3, -0.25) is 4.79 Å². The number of aliphatic hydroxyl groups is 1. The number of fused-ring (bicyclic) bond motifs is 1. The Morgan fingerprint density at radius 3 is 2.37 bits per heavy atom. The van der Waals surface area contributed by atoms with Crippen molar-refractivity contribution in [2.45, 2.75) is 40.5 Å². The summed E-state index contributed by atoms with van der Waals surface area (Å²) in [7, 11) is 0. The van der Waals surface area contributed by atoms with Crippen molar-refractivity contribution >= 4 is 27.9 Å². The van der Waals surface area contributed by atoms with Gasteiger partial charge < -0.3 is 15.3 Å². The van der Waals surface area contributed by atoms with Gasteiger partial charge in [-0.2, -0.15) is 5.26 Å². The highest BCUT2D eigenvalue weighted by Gasteiger charge is 2.15. The fourth-order valence-corrected chi connectivity index (χ4v) is 3.44. The van der Waals surface area contributed by atoms with E-state index in [1.54, 1.807) is 6.92 Å². The van der Waals surface area contributed by atoms with E-state index in [2.05, 4.69) is 48.3 Å². The Morgan fingerprint density at radius 2 is 1.77 bits per heavy atom. The Hall–Kier alpha value is -2.84. The van der Waals surface area contributed by atoms with Crippen molar-refractivity contribution in [3.8, 4) is 6.07 Å². The minimum atomic E-state index is -0.402. The Kier molecular flexibility index (Phi) is 8.89. The number of nitrogens with one attached hydrogen (secondary N) is 1. The molecule has 0 saturated carbocycles. The Balaban J connectivity index is 2.33. The maximum atomic E-state index is 12.4. The molecule has 0 fully saturated rings. The van der Waals surface area contributed by atoms with Gasteiger partial charge in [0.05, 0.1) is 0 Å². The third kappa shape index (κ3) is 5.84. The molecule has 0 aliphatic carbocycles. The van der Waals surface area contributed by atoms with Crippen molar-refractivity contribution in [3.63, 3.8) is 0 Å². The highest BCUT2D eigenvalue weighted by molar-refractivity contribution is 6.05. The monoisotopic (exact) mass is 407 g/mol. The molecule has 0 aliphatic heterocycles. The van der Waals surface area contributed by atoms with Gasteiger partial charge in [0.15, 0.2) is 0 Å². The zero-order valence-electron chi connectivity index (χ0n) is 18.5. The molecule has 5 heteroatoms. The molecule has 1 amide bonds. The van der Waals surface area contributed by atoms with E-state index in [0.29, 0.717) is 12.1 Å². The average molecular weight is 408 g/mol. The fourth-order valence-electron chi connectivity index (χ4n) is 3.44. The van der Waals surface area contributed by atoms with Crippen LogP contribution in [0.2, 0.25) is 0 Å². The van der Waals surface area contributed by atoms with E-state index < -0.39 is 5.91 Å². The van der Waals surface area contributed by atoms with Gasteiger partial charge in [-0.15, -0.1) is 0 Å². The minimum Gasteiger partial charge on any atom is -0.396 e. The van der Waals surface area contributed by atoms with Gasteiger partial charge in [0, 0.05) is 31.9 Å². The smallest absolute Gasteiger partial charge is 0.262 e. The van der Waals surface area contributed by atoms with E-state index in [4.69, 9.17) is 5.11 Å². The van der Waals surface area contributed by atoms with Crippen molar-refractivity contribution in [1.82, 2.24) is 5.32 Å². The predicted molar refractivity (Wildman–Crippen MR) is 124 cm³/mol. The second-order valence-corrected chi connectivity index (χ2v) is 7.84. The molecule has 0 heterocycles. The summed E-state index contributed by atoms with van der Waals surface area (Å²) in [6.07, 6.45) is 2.22. The summed E-state index contributed by atoms with van der Waals surface area (Å²) >= 11 is 0. The van der Waals surface area contributed by atoms with Crippen LogP contribution in [0, 0.1) is 17.2 Å². The molecule has 2 N–H and O–H groups in total. The molecule has 0 spiro atoms. The molecule has 160 valence electrons. The lowest BCUT2D eigenvalue weighted by Crippen LogP contribution is -2.30. The van der Waals surface area contributed by atoms with Crippen LogP contribution in [0.3, 0.4) is 0 Å². The summed E-state index contributed by atoms with van der Waals surface area (Å²) in [5.74, 6) is -0.454. The van der Waals surface area contributed by atoms with Gasteiger partial charge in [-0.05, 0) is 65.8 Å². The number of nitriles is 1. The van der Waals surface area contributed by atoms with Crippen LogP contribution in [0.1, 0.15) is 46.1 Å². The molecule has 1 unspecified atom stereocenters. The molecule has 2 rings (SSSR count).